The third-order valence-corrected chi connectivity index (χ3v) is 4.57. The average molecular weight is 249 g/mol. The highest BCUT2D eigenvalue weighted by Crippen LogP contribution is 2.38. The third-order valence-electron chi connectivity index (χ3n) is 4.57. The van der Waals surface area contributed by atoms with Crippen LogP contribution in [0.15, 0.2) is 0 Å². The molecule has 1 heterocycles. The lowest BCUT2D eigenvalue weighted by molar-refractivity contribution is 0.300. The Morgan fingerprint density at radius 3 is 2.44 bits per heavy atom. The second-order valence-corrected chi connectivity index (χ2v) is 5.88. The number of hydrogen-bond donors (Lipinski definition) is 1. The maximum atomic E-state index is 6.00. The van der Waals surface area contributed by atoms with Gasteiger partial charge in [-0.25, -0.2) is 0 Å². The van der Waals surface area contributed by atoms with Crippen LogP contribution in [-0.2, 0) is 7.05 Å². The molecule has 3 heteroatoms. The third kappa shape index (κ3) is 2.70. The molecule has 1 aromatic heterocycles. The zero-order valence-corrected chi connectivity index (χ0v) is 12.1. The summed E-state index contributed by atoms with van der Waals surface area (Å²) in [5.41, 5.74) is 8.46. The normalized spacial score (nSPS) is 24.4. The molecule has 0 aromatic carbocycles. The van der Waals surface area contributed by atoms with Gasteiger partial charge >= 0.3 is 0 Å². The Labute approximate surface area is 111 Å². The Bertz CT molecular complexity index is 387. The summed E-state index contributed by atoms with van der Waals surface area (Å²) < 4.78 is 1.83. The van der Waals surface area contributed by atoms with Gasteiger partial charge in [-0.2, -0.15) is 5.10 Å². The summed E-state index contributed by atoms with van der Waals surface area (Å²) in [5.74, 6) is 2.44. The molecule has 0 radical (unpaired) electrons. The number of nitrogens with zero attached hydrogens (tertiary/aromatic N) is 2. The van der Waals surface area contributed by atoms with E-state index < -0.39 is 0 Å². The van der Waals surface area contributed by atoms with E-state index in [1.807, 2.05) is 11.7 Å². The number of unbranched alkanes of at least 4 members (excludes halogenated alkanes) is 1. The molecule has 0 saturated heterocycles. The minimum absolute atomic E-state index is 0.645. The maximum absolute atomic E-state index is 6.00. The van der Waals surface area contributed by atoms with Crippen LogP contribution in [0.3, 0.4) is 0 Å². The van der Waals surface area contributed by atoms with Crippen molar-refractivity contribution in [3.05, 3.63) is 11.3 Å². The van der Waals surface area contributed by atoms with E-state index in [0.717, 1.165) is 11.7 Å². The van der Waals surface area contributed by atoms with Gasteiger partial charge in [-0.1, -0.05) is 26.2 Å². The summed E-state index contributed by atoms with van der Waals surface area (Å²) in [6.45, 7) is 4.40. The lowest BCUT2D eigenvalue weighted by atomic mass is 9.78. The van der Waals surface area contributed by atoms with Crippen molar-refractivity contribution in [3.8, 4) is 0 Å². The van der Waals surface area contributed by atoms with E-state index in [-0.39, 0.29) is 0 Å². The number of nitrogen functional groups attached to an aromatic ring is 1. The zero-order valence-electron chi connectivity index (χ0n) is 12.1. The second-order valence-electron chi connectivity index (χ2n) is 5.88. The van der Waals surface area contributed by atoms with Gasteiger partial charge in [0.1, 0.15) is 5.82 Å². The number of aryl methyl sites for hydroxylation is 1. The van der Waals surface area contributed by atoms with Crippen molar-refractivity contribution in [1.82, 2.24) is 9.78 Å². The Morgan fingerprint density at radius 1 is 1.28 bits per heavy atom. The van der Waals surface area contributed by atoms with Crippen molar-refractivity contribution in [2.75, 3.05) is 5.73 Å². The molecular formula is C15H27N3. The number of anilines is 1. The molecule has 0 spiro atoms. The van der Waals surface area contributed by atoms with Crippen molar-refractivity contribution in [3.63, 3.8) is 0 Å². The van der Waals surface area contributed by atoms with Crippen LogP contribution in [0, 0.1) is 12.8 Å². The largest absolute Gasteiger partial charge is 0.384 e. The minimum Gasteiger partial charge on any atom is -0.384 e. The first kappa shape index (κ1) is 13.4. The van der Waals surface area contributed by atoms with Crippen LogP contribution in [0.2, 0.25) is 0 Å². The summed E-state index contributed by atoms with van der Waals surface area (Å²) in [7, 11) is 1.94. The molecule has 1 aromatic rings. The van der Waals surface area contributed by atoms with E-state index in [1.165, 1.54) is 56.2 Å². The van der Waals surface area contributed by atoms with E-state index >= 15 is 0 Å². The van der Waals surface area contributed by atoms with Gasteiger partial charge in [0.15, 0.2) is 0 Å². The van der Waals surface area contributed by atoms with E-state index in [2.05, 4.69) is 18.9 Å². The number of aromatic nitrogens is 2. The summed E-state index contributed by atoms with van der Waals surface area (Å²) in [6, 6.07) is 0. The highest BCUT2D eigenvalue weighted by molar-refractivity contribution is 5.43. The van der Waals surface area contributed by atoms with Crippen molar-refractivity contribution in [2.45, 2.75) is 64.7 Å². The maximum Gasteiger partial charge on any atom is 0.124 e. The fourth-order valence-corrected chi connectivity index (χ4v) is 3.27. The van der Waals surface area contributed by atoms with Crippen LogP contribution < -0.4 is 5.73 Å². The molecule has 1 aliphatic rings. The summed E-state index contributed by atoms with van der Waals surface area (Å²) in [5, 5.41) is 4.61. The Balaban J connectivity index is 1.95. The molecule has 2 rings (SSSR count). The van der Waals surface area contributed by atoms with Crippen LogP contribution in [-0.4, -0.2) is 9.78 Å². The summed E-state index contributed by atoms with van der Waals surface area (Å²) in [4.78, 5) is 0. The van der Waals surface area contributed by atoms with Crippen molar-refractivity contribution in [2.24, 2.45) is 13.0 Å². The fourth-order valence-electron chi connectivity index (χ4n) is 3.27. The molecule has 0 amide bonds. The molecule has 18 heavy (non-hydrogen) atoms. The van der Waals surface area contributed by atoms with Gasteiger partial charge in [0.25, 0.3) is 0 Å². The van der Waals surface area contributed by atoms with Gasteiger partial charge in [-0.15, -0.1) is 0 Å². The Morgan fingerprint density at radius 2 is 1.94 bits per heavy atom. The Kier molecular flexibility index (Phi) is 4.31. The van der Waals surface area contributed by atoms with Gasteiger partial charge in [0, 0.05) is 18.5 Å². The standard InChI is InChI=1S/C15H27N3/c1-4-5-6-12-7-9-13(10-8-12)14-11(2)15(16)18(3)17-14/h12-13H,4-10,16H2,1-3H3. The second kappa shape index (κ2) is 5.77. The van der Waals surface area contributed by atoms with Crippen LogP contribution in [0.4, 0.5) is 5.82 Å². The van der Waals surface area contributed by atoms with Crippen molar-refractivity contribution < 1.29 is 0 Å². The molecular weight excluding hydrogens is 222 g/mol. The minimum atomic E-state index is 0.645. The molecule has 0 atom stereocenters. The molecule has 0 unspecified atom stereocenters. The Hall–Kier alpha value is -0.990. The van der Waals surface area contributed by atoms with Gasteiger partial charge < -0.3 is 5.73 Å². The summed E-state index contributed by atoms with van der Waals surface area (Å²) >= 11 is 0. The molecule has 102 valence electrons. The summed E-state index contributed by atoms with van der Waals surface area (Å²) in [6.07, 6.45) is 9.49. The lowest BCUT2D eigenvalue weighted by Gasteiger charge is -2.27. The molecule has 3 nitrogen and oxygen atoms in total. The first-order chi connectivity index (χ1) is 8.63. The van der Waals surface area contributed by atoms with Gasteiger partial charge in [-0.05, 0) is 38.5 Å². The molecule has 0 bridgehead atoms. The molecule has 2 N–H and O–H groups in total. The predicted octanol–water partition coefficient (Wildman–Crippen LogP) is 3.77. The molecule has 1 saturated carbocycles. The topological polar surface area (TPSA) is 43.8 Å². The monoisotopic (exact) mass is 249 g/mol. The highest BCUT2D eigenvalue weighted by atomic mass is 15.3. The van der Waals surface area contributed by atoms with Gasteiger partial charge in [0.05, 0.1) is 5.69 Å². The number of hydrogen-bond acceptors (Lipinski definition) is 2. The average Bonchev–Trinajstić information content (AvgIpc) is 2.65. The number of nitrogens with two attached hydrogens (primary N) is 1. The smallest absolute Gasteiger partial charge is 0.124 e. The number of rotatable bonds is 4. The van der Waals surface area contributed by atoms with Crippen LogP contribution in [0.5, 0.6) is 0 Å². The van der Waals surface area contributed by atoms with Crippen molar-refractivity contribution in [1.29, 1.82) is 0 Å². The van der Waals surface area contributed by atoms with Crippen molar-refractivity contribution >= 4 is 5.82 Å². The first-order valence-corrected chi connectivity index (χ1v) is 7.42. The van der Waals surface area contributed by atoms with Gasteiger partial charge in [0.2, 0.25) is 0 Å². The quantitative estimate of drug-likeness (QED) is 0.882. The van der Waals surface area contributed by atoms with Crippen LogP contribution >= 0.6 is 0 Å². The first-order valence-electron chi connectivity index (χ1n) is 7.42. The molecule has 1 aliphatic carbocycles. The fraction of sp³-hybridized carbons (Fsp3) is 0.800. The van der Waals surface area contributed by atoms with Crippen LogP contribution in [0.25, 0.3) is 0 Å². The highest BCUT2D eigenvalue weighted by Gasteiger charge is 2.25. The molecule has 1 fully saturated rings. The zero-order chi connectivity index (χ0) is 13.1. The lowest BCUT2D eigenvalue weighted by Crippen LogP contribution is -2.14. The molecule has 0 aliphatic heterocycles. The van der Waals surface area contributed by atoms with Crippen LogP contribution in [0.1, 0.15) is 69.0 Å². The predicted molar refractivity (Wildman–Crippen MR) is 76.6 cm³/mol. The van der Waals surface area contributed by atoms with E-state index in [4.69, 9.17) is 5.73 Å². The SMILES string of the molecule is CCCCC1CCC(c2nn(C)c(N)c2C)CC1. The van der Waals surface area contributed by atoms with E-state index in [1.54, 1.807) is 0 Å². The van der Waals surface area contributed by atoms with E-state index in [0.29, 0.717) is 5.92 Å². The van der Waals surface area contributed by atoms with Gasteiger partial charge in [-0.3, -0.25) is 4.68 Å². The van der Waals surface area contributed by atoms with E-state index in [9.17, 15) is 0 Å².